The second kappa shape index (κ2) is 5.68. The second-order valence-corrected chi connectivity index (χ2v) is 5.95. The summed E-state index contributed by atoms with van der Waals surface area (Å²) >= 11 is 6.38. The average Bonchev–Trinajstić information content (AvgIpc) is 3.04. The number of nitrogens with zero attached hydrogens (tertiary/aromatic N) is 5. The van der Waals surface area contributed by atoms with Gasteiger partial charge in [0.1, 0.15) is 11.5 Å². The Kier molecular flexibility index (Phi) is 3.87. The molecule has 2 aromatic rings. The summed E-state index contributed by atoms with van der Waals surface area (Å²) in [6.07, 6.45) is 4.88. The quantitative estimate of drug-likeness (QED) is 0.853. The topological polar surface area (TPSA) is 63.9 Å². The summed E-state index contributed by atoms with van der Waals surface area (Å²) in [4.78, 5) is 22.8. The lowest BCUT2D eigenvalue weighted by Gasteiger charge is -2.25. The molecule has 1 atom stereocenters. The molecular formula is C15H18ClN5O. The zero-order chi connectivity index (χ0) is 15.9. The molecule has 0 aromatic carbocycles. The smallest absolute Gasteiger partial charge is 0.257 e. The number of carbonyl (C=O) groups excluding carboxylic acids is 1. The molecule has 1 fully saturated rings. The molecule has 0 aliphatic carbocycles. The van der Waals surface area contributed by atoms with Gasteiger partial charge in [-0.2, -0.15) is 5.10 Å². The predicted molar refractivity (Wildman–Crippen MR) is 82.7 cm³/mol. The van der Waals surface area contributed by atoms with Crippen LogP contribution < -0.4 is 0 Å². The summed E-state index contributed by atoms with van der Waals surface area (Å²) in [5, 5.41) is 4.96. The molecule has 1 aliphatic rings. The number of amides is 1. The van der Waals surface area contributed by atoms with Gasteiger partial charge in [-0.1, -0.05) is 11.6 Å². The Labute approximate surface area is 134 Å². The fourth-order valence-corrected chi connectivity index (χ4v) is 3.39. The largest absolute Gasteiger partial charge is 0.331 e. The van der Waals surface area contributed by atoms with Crippen molar-refractivity contribution in [2.75, 3.05) is 6.54 Å². The molecule has 3 rings (SSSR count). The van der Waals surface area contributed by atoms with Gasteiger partial charge < -0.3 is 4.90 Å². The summed E-state index contributed by atoms with van der Waals surface area (Å²) in [5.74, 6) is -0.0417. The maximum absolute atomic E-state index is 12.9. The molecule has 3 heterocycles. The van der Waals surface area contributed by atoms with Gasteiger partial charge in [0.05, 0.1) is 23.0 Å². The molecule has 1 saturated heterocycles. The minimum Gasteiger partial charge on any atom is -0.331 e. The summed E-state index contributed by atoms with van der Waals surface area (Å²) in [6.45, 7) is 4.46. The van der Waals surface area contributed by atoms with Crippen molar-refractivity contribution in [1.29, 1.82) is 0 Å². The number of carbonyl (C=O) groups is 1. The highest BCUT2D eigenvalue weighted by molar-refractivity contribution is 6.30. The molecule has 0 bridgehead atoms. The van der Waals surface area contributed by atoms with Gasteiger partial charge in [0, 0.05) is 25.4 Å². The summed E-state index contributed by atoms with van der Waals surface area (Å²) in [6, 6.07) is -0.0340. The van der Waals surface area contributed by atoms with Crippen molar-refractivity contribution in [1.82, 2.24) is 24.6 Å². The van der Waals surface area contributed by atoms with Crippen LogP contribution in [-0.2, 0) is 7.05 Å². The molecule has 0 spiro atoms. The van der Waals surface area contributed by atoms with Gasteiger partial charge in [0.25, 0.3) is 5.91 Å². The first kappa shape index (κ1) is 15.0. The van der Waals surface area contributed by atoms with E-state index in [1.54, 1.807) is 10.9 Å². The van der Waals surface area contributed by atoms with Gasteiger partial charge in [0.15, 0.2) is 0 Å². The highest BCUT2D eigenvalue weighted by Crippen LogP contribution is 2.38. The fourth-order valence-electron chi connectivity index (χ4n) is 3.09. The third-order valence-electron chi connectivity index (χ3n) is 4.18. The highest BCUT2D eigenvalue weighted by atomic mass is 35.5. The van der Waals surface area contributed by atoms with E-state index in [0.29, 0.717) is 23.0 Å². The lowest BCUT2D eigenvalue weighted by atomic mass is 10.0. The number of hydrogen-bond donors (Lipinski definition) is 0. The lowest BCUT2D eigenvalue weighted by Crippen LogP contribution is -2.31. The van der Waals surface area contributed by atoms with Gasteiger partial charge in [-0.05, 0) is 26.7 Å². The van der Waals surface area contributed by atoms with E-state index < -0.39 is 0 Å². The SMILES string of the molecule is Cc1ncncc1C(=O)N1CCC[C@@H]1c1c(C)nn(C)c1Cl. The zero-order valence-electron chi connectivity index (χ0n) is 12.9. The summed E-state index contributed by atoms with van der Waals surface area (Å²) < 4.78 is 1.66. The van der Waals surface area contributed by atoms with Crippen LogP contribution in [0, 0.1) is 13.8 Å². The van der Waals surface area contributed by atoms with E-state index in [0.717, 1.165) is 24.1 Å². The zero-order valence-corrected chi connectivity index (χ0v) is 13.6. The number of aryl methyl sites for hydroxylation is 3. The van der Waals surface area contributed by atoms with Gasteiger partial charge in [-0.3, -0.25) is 9.48 Å². The van der Waals surface area contributed by atoms with Gasteiger partial charge in [-0.15, -0.1) is 0 Å². The Morgan fingerprint density at radius 3 is 2.77 bits per heavy atom. The molecule has 0 N–H and O–H groups in total. The Bertz CT molecular complexity index is 727. The summed E-state index contributed by atoms with van der Waals surface area (Å²) in [7, 11) is 1.81. The van der Waals surface area contributed by atoms with Gasteiger partial charge in [0.2, 0.25) is 0 Å². The molecule has 0 unspecified atom stereocenters. The fraction of sp³-hybridized carbons (Fsp3) is 0.467. The van der Waals surface area contributed by atoms with Crippen LogP contribution in [-0.4, -0.2) is 37.1 Å². The van der Waals surface area contributed by atoms with E-state index in [1.807, 2.05) is 25.8 Å². The third kappa shape index (κ3) is 2.37. The van der Waals surface area contributed by atoms with Crippen LogP contribution in [0.15, 0.2) is 12.5 Å². The molecule has 0 radical (unpaired) electrons. The van der Waals surface area contributed by atoms with Crippen molar-refractivity contribution in [3.63, 3.8) is 0 Å². The van der Waals surface area contributed by atoms with Crippen molar-refractivity contribution in [3.8, 4) is 0 Å². The number of hydrogen-bond acceptors (Lipinski definition) is 4. The normalized spacial score (nSPS) is 18.0. The molecule has 116 valence electrons. The van der Waals surface area contributed by atoms with Gasteiger partial charge in [-0.25, -0.2) is 9.97 Å². The molecular weight excluding hydrogens is 302 g/mol. The number of aromatic nitrogens is 4. The van der Waals surface area contributed by atoms with E-state index in [-0.39, 0.29) is 11.9 Å². The standard InChI is InChI=1S/C15H18ClN5O/c1-9-11(7-17-8-18-9)15(22)21-6-4-5-12(21)13-10(2)19-20(3)14(13)16/h7-8,12H,4-6H2,1-3H3/t12-/m1/s1. The van der Waals surface area contributed by atoms with Crippen molar-refractivity contribution in [2.45, 2.75) is 32.7 Å². The van der Waals surface area contributed by atoms with Gasteiger partial charge >= 0.3 is 0 Å². The van der Waals surface area contributed by atoms with Crippen molar-refractivity contribution in [2.24, 2.45) is 7.05 Å². The Hall–Kier alpha value is -1.95. The van der Waals surface area contributed by atoms with Crippen LogP contribution in [0.25, 0.3) is 0 Å². The Morgan fingerprint density at radius 1 is 1.36 bits per heavy atom. The van der Waals surface area contributed by atoms with E-state index in [2.05, 4.69) is 15.1 Å². The average molecular weight is 320 g/mol. The molecule has 2 aromatic heterocycles. The van der Waals surface area contributed by atoms with Crippen molar-refractivity contribution in [3.05, 3.63) is 40.2 Å². The maximum Gasteiger partial charge on any atom is 0.257 e. The van der Waals surface area contributed by atoms with E-state index in [4.69, 9.17) is 11.6 Å². The molecule has 6 nitrogen and oxygen atoms in total. The summed E-state index contributed by atoms with van der Waals surface area (Å²) in [5.41, 5.74) is 3.06. The number of halogens is 1. The third-order valence-corrected chi connectivity index (χ3v) is 4.63. The van der Waals surface area contributed by atoms with Crippen LogP contribution >= 0.6 is 11.6 Å². The highest BCUT2D eigenvalue weighted by Gasteiger charge is 2.35. The van der Waals surface area contributed by atoms with Crippen LogP contribution in [0.4, 0.5) is 0 Å². The van der Waals surface area contributed by atoms with E-state index in [9.17, 15) is 4.79 Å². The monoisotopic (exact) mass is 319 g/mol. The first-order valence-corrected chi connectivity index (χ1v) is 7.65. The number of rotatable bonds is 2. The molecule has 0 saturated carbocycles. The van der Waals surface area contributed by atoms with E-state index >= 15 is 0 Å². The molecule has 7 heteroatoms. The van der Waals surface area contributed by atoms with Crippen LogP contribution in [0.1, 0.15) is 46.2 Å². The Morgan fingerprint density at radius 2 is 2.14 bits per heavy atom. The lowest BCUT2D eigenvalue weighted by molar-refractivity contribution is 0.0733. The molecule has 1 aliphatic heterocycles. The maximum atomic E-state index is 12.9. The van der Waals surface area contributed by atoms with Crippen molar-refractivity contribution < 1.29 is 4.79 Å². The minimum atomic E-state index is -0.0417. The van der Waals surface area contributed by atoms with Crippen LogP contribution in [0.5, 0.6) is 0 Å². The second-order valence-electron chi connectivity index (χ2n) is 5.59. The first-order chi connectivity index (χ1) is 10.5. The molecule has 1 amide bonds. The van der Waals surface area contributed by atoms with Crippen LogP contribution in [0.2, 0.25) is 5.15 Å². The van der Waals surface area contributed by atoms with Crippen molar-refractivity contribution >= 4 is 17.5 Å². The Balaban J connectivity index is 1.97. The van der Waals surface area contributed by atoms with Crippen LogP contribution in [0.3, 0.4) is 0 Å². The predicted octanol–water partition coefficient (Wildman–Crippen LogP) is 2.46. The van der Waals surface area contributed by atoms with E-state index in [1.165, 1.54) is 6.33 Å². The minimum absolute atomic E-state index is 0.0340. The molecule has 22 heavy (non-hydrogen) atoms. The number of likely N-dealkylation sites (tertiary alicyclic amines) is 1. The first-order valence-electron chi connectivity index (χ1n) is 7.27.